The smallest absolute Gasteiger partial charge is 0.326 e. The number of aryl methyl sites for hydroxylation is 1. The van der Waals surface area contributed by atoms with Crippen LogP contribution in [0, 0.1) is 12.8 Å². The van der Waals surface area contributed by atoms with E-state index in [0.717, 1.165) is 49.2 Å². The minimum absolute atomic E-state index is 0.00504. The number of rotatable bonds is 5. The molecular formula is C23H32N6O3S. The van der Waals surface area contributed by atoms with Gasteiger partial charge in [0.15, 0.2) is 0 Å². The van der Waals surface area contributed by atoms with E-state index in [4.69, 9.17) is 10.5 Å². The van der Waals surface area contributed by atoms with E-state index in [1.54, 1.807) is 6.20 Å². The van der Waals surface area contributed by atoms with Gasteiger partial charge in [-0.1, -0.05) is 11.8 Å². The topological polar surface area (TPSA) is 122 Å². The van der Waals surface area contributed by atoms with Gasteiger partial charge >= 0.3 is 6.03 Å². The number of amides is 3. The number of thioether (sulfide) groups is 1. The van der Waals surface area contributed by atoms with Crippen molar-refractivity contribution in [3.05, 3.63) is 28.4 Å². The normalized spacial score (nSPS) is 31.0. The Balaban J connectivity index is 1.43. The molecule has 5 N–H and O–H groups in total. The van der Waals surface area contributed by atoms with Crippen molar-refractivity contribution < 1.29 is 14.3 Å². The van der Waals surface area contributed by atoms with Crippen LogP contribution in [0.15, 0.2) is 22.9 Å². The van der Waals surface area contributed by atoms with E-state index in [1.165, 1.54) is 11.8 Å². The highest BCUT2D eigenvalue weighted by molar-refractivity contribution is 8.04. The zero-order valence-electron chi connectivity index (χ0n) is 19.3. The second kappa shape index (κ2) is 8.81. The van der Waals surface area contributed by atoms with Crippen LogP contribution in [0.4, 0.5) is 10.5 Å². The van der Waals surface area contributed by atoms with Crippen LogP contribution in [-0.2, 0) is 4.79 Å². The van der Waals surface area contributed by atoms with Gasteiger partial charge in [0, 0.05) is 29.8 Å². The molecule has 3 aliphatic heterocycles. The third-order valence-electron chi connectivity index (χ3n) is 6.91. The molecule has 1 aliphatic carbocycles. The average Bonchev–Trinajstić information content (AvgIpc) is 3.33. The van der Waals surface area contributed by atoms with E-state index in [2.05, 4.69) is 20.9 Å². The molecule has 1 aromatic heterocycles. The van der Waals surface area contributed by atoms with Gasteiger partial charge in [-0.05, 0) is 58.6 Å². The number of anilines is 1. The molecule has 0 bridgehead atoms. The number of hydrogen-bond acceptors (Lipinski definition) is 7. The summed E-state index contributed by atoms with van der Waals surface area (Å²) in [7, 11) is 0. The van der Waals surface area contributed by atoms with Crippen molar-refractivity contribution in [2.45, 2.75) is 76.1 Å². The first kappa shape index (κ1) is 22.5. The Hall–Kier alpha value is -2.30. The van der Waals surface area contributed by atoms with E-state index in [-0.39, 0.29) is 47.5 Å². The summed E-state index contributed by atoms with van der Waals surface area (Å²) in [6.45, 7) is 6.66. The van der Waals surface area contributed by atoms with E-state index >= 15 is 0 Å². The van der Waals surface area contributed by atoms with Gasteiger partial charge in [-0.15, -0.1) is 0 Å². The zero-order chi connectivity index (χ0) is 23.3. The van der Waals surface area contributed by atoms with Gasteiger partial charge in [-0.3, -0.25) is 9.69 Å². The summed E-state index contributed by atoms with van der Waals surface area (Å²) in [4.78, 5) is 33.4. The van der Waals surface area contributed by atoms with Gasteiger partial charge in [-0.2, -0.15) is 0 Å². The van der Waals surface area contributed by atoms with Crippen LogP contribution in [0.1, 0.15) is 45.1 Å². The molecule has 5 atom stereocenters. The molecule has 0 spiro atoms. The highest BCUT2D eigenvalue weighted by Gasteiger charge is 2.52. The van der Waals surface area contributed by atoms with Crippen molar-refractivity contribution in [3.8, 4) is 5.88 Å². The lowest BCUT2D eigenvalue weighted by Gasteiger charge is -2.46. The Bertz CT molecular complexity index is 998. The highest BCUT2D eigenvalue weighted by atomic mass is 32.2. The molecule has 5 rings (SSSR count). The number of hydrogen-bond donors (Lipinski definition) is 4. The monoisotopic (exact) mass is 472 g/mol. The molecule has 1 saturated carbocycles. The zero-order valence-corrected chi connectivity index (χ0v) is 20.1. The van der Waals surface area contributed by atoms with E-state index in [1.807, 2.05) is 31.7 Å². The van der Waals surface area contributed by atoms with Crippen molar-refractivity contribution >= 4 is 29.4 Å². The number of nitrogens with one attached hydrogen (secondary N) is 3. The highest BCUT2D eigenvalue weighted by Crippen LogP contribution is 2.48. The van der Waals surface area contributed by atoms with Crippen molar-refractivity contribution in [1.82, 2.24) is 20.9 Å². The predicted molar refractivity (Wildman–Crippen MR) is 128 cm³/mol. The molecule has 9 nitrogen and oxygen atoms in total. The quantitative estimate of drug-likeness (QED) is 0.517. The molecule has 0 aromatic carbocycles. The number of nitrogens with two attached hydrogens (primary N) is 1. The number of nitrogens with zero attached hydrogens (tertiary/aromatic N) is 2. The lowest BCUT2D eigenvalue weighted by atomic mass is 9.86. The van der Waals surface area contributed by atoms with Gasteiger partial charge in [-0.25, -0.2) is 9.78 Å². The van der Waals surface area contributed by atoms with Gasteiger partial charge < -0.3 is 26.4 Å². The Kier molecular flexibility index (Phi) is 6.00. The molecule has 2 saturated heterocycles. The molecule has 10 heteroatoms. The Morgan fingerprint density at radius 1 is 1.36 bits per heavy atom. The van der Waals surface area contributed by atoms with Crippen LogP contribution in [0.3, 0.4) is 0 Å². The molecule has 3 unspecified atom stereocenters. The van der Waals surface area contributed by atoms with E-state index < -0.39 is 0 Å². The summed E-state index contributed by atoms with van der Waals surface area (Å²) in [6.07, 6.45) is 5.40. The Labute approximate surface area is 198 Å². The number of pyridine rings is 1. The second-order valence-electron chi connectivity index (χ2n) is 9.57. The lowest BCUT2D eigenvalue weighted by Crippen LogP contribution is -2.62. The Morgan fingerprint density at radius 3 is 2.88 bits per heavy atom. The fourth-order valence-corrected chi connectivity index (χ4v) is 6.78. The van der Waals surface area contributed by atoms with Crippen molar-refractivity contribution in [1.29, 1.82) is 0 Å². The van der Waals surface area contributed by atoms with Crippen LogP contribution < -0.4 is 31.3 Å². The molecule has 4 aliphatic rings. The lowest BCUT2D eigenvalue weighted by molar-refractivity contribution is -0.117. The summed E-state index contributed by atoms with van der Waals surface area (Å²) in [5.41, 5.74) is 8.59. The first-order chi connectivity index (χ1) is 15.8. The first-order valence-electron chi connectivity index (χ1n) is 11.8. The summed E-state index contributed by atoms with van der Waals surface area (Å²) in [5.74, 6) is 0.424. The van der Waals surface area contributed by atoms with Crippen LogP contribution in [0.5, 0.6) is 5.88 Å². The molecule has 3 fully saturated rings. The van der Waals surface area contributed by atoms with Gasteiger partial charge in [0.1, 0.15) is 0 Å². The molecule has 4 heterocycles. The number of urea groups is 1. The third kappa shape index (κ3) is 4.08. The predicted octanol–water partition coefficient (Wildman–Crippen LogP) is 1.97. The van der Waals surface area contributed by atoms with Crippen LogP contribution in [0.25, 0.3) is 0 Å². The Morgan fingerprint density at radius 2 is 2.18 bits per heavy atom. The molecule has 0 radical (unpaired) electrons. The first-order valence-corrected chi connectivity index (χ1v) is 12.7. The number of carbonyl (C=O) groups is 2. The SMILES string of the molecule is Cc1cc(OC(C)C)ncc1N1C(=O)NC2=C(C(=O)N[C@@H]3CCC[C@@H]3N)SC3NCCC1C23. The second-order valence-corrected chi connectivity index (χ2v) is 10.7. The van der Waals surface area contributed by atoms with Crippen LogP contribution >= 0.6 is 11.8 Å². The fraction of sp³-hybridized carbons (Fsp3) is 0.609. The van der Waals surface area contributed by atoms with Gasteiger partial charge in [0.2, 0.25) is 5.88 Å². The molecule has 178 valence electrons. The summed E-state index contributed by atoms with van der Waals surface area (Å²) >= 11 is 1.52. The maximum Gasteiger partial charge on any atom is 0.326 e. The molecule has 3 amide bonds. The minimum Gasteiger partial charge on any atom is -0.475 e. The number of aromatic nitrogens is 1. The largest absolute Gasteiger partial charge is 0.475 e. The number of carbonyl (C=O) groups excluding carboxylic acids is 2. The summed E-state index contributed by atoms with van der Waals surface area (Å²) in [5, 5.41) is 9.73. The van der Waals surface area contributed by atoms with E-state index in [9.17, 15) is 9.59 Å². The maximum atomic E-state index is 13.4. The standard InChI is InChI=1S/C23H32N6O3S/c1-11(2)32-17-9-12(3)16(10-26-17)29-15-7-8-25-22-18(15)19(28-23(29)31)20(33-22)21(30)27-14-6-4-5-13(14)24/h9-11,13-15,18,22,25H,4-8,24H2,1-3H3,(H,27,30)(H,28,31)/t13-,14+,15?,18?,22?/m0/s1. The molecule has 33 heavy (non-hydrogen) atoms. The maximum absolute atomic E-state index is 13.4. The van der Waals surface area contributed by atoms with Crippen molar-refractivity contribution in [3.63, 3.8) is 0 Å². The number of piperidine rings is 1. The molecular weight excluding hydrogens is 440 g/mol. The van der Waals surface area contributed by atoms with Crippen LogP contribution in [0.2, 0.25) is 0 Å². The average molecular weight is 473 g/mol. The van der Waals surface area contributed by atoms with Crippen molar-refractivity contribution in [2.24, 2.45) is 11.7 Å². The molecule has 1 aromatic rings. The number of ether oxygens (including phenoxy) is 1. The summed E-state index contributed by atoms with van der Waals surface area (Å²) < 4.78 is 5.71. The third-order valence-corrected chi connectivity index (χ3v) is 8.26. The van der Waals surface area contributed by atoms with Gasteiger partial charge in [0.25, 0.3) is 5.91 Å². The fourth-order valence-electron chi connectivity index (χ4n) is 5.39. The minimum atomic E-state index is -0.223. The summed E-state index contributed by atoms with van der Waals surface area (Å²) in [6, 6.07) is 1.59. The van der Waals surface area contributed by atoms with Crippen LogP contribution in [-0.4, -0.2) is 53.1 Å². The van der Waals surface area contributed by atoms with E-state index in [0.29, 0.717) is 10.8 Å². The van der Waals surface area contributed by atoms with Gasteiger partial charge in [0.05, 0.1) is 34.3 Å². The van der Waals surface area contributed by atoms with Crippen molar-refractivity contribution in [2.75, 3.05) is 11.4 Å².